The van der Waals surface area contributed by atoms with E-state index in [0.717, 1.165) is 11.8 Å². The topological polar surface area (TPSA) is 29.1 Å². The van der Waals surface area contributed by atoms with Crippen molar-refractivity contribution in [3.8, 4) is 0 Å². The number of benzene rings is 1. The summed E-state index contributed by atoms with van der Waals surface area (Å²) in [6.07, 6.45) is 5.27. The minimum atomic E-state index is -0.345. The molecule has 2 nitrogen and oxygen atoms in total. The van der Waals surface area contributed by atoms with Crippen LogP contribution in [0.15, 0.2) is 22.7 Å². The largest absolute Gasteiger partial charge is 0.349 e. The van der Waals surface area contributed by atoms with Crippen LogP contribution in [-0.2, 0) is 0 Å². The van der Waals surface area contributed by atoms with Gasteiger partial charge >= 0.3 is 0 Å². The fourth-order valence-corrected chi connectivity index (χ4v) is 4.32. The van der Waals surface area contributed by atoms with Gasteiger partial charge in [-0.15, -0.1) is 0 Å². The van der Waals surface area contributed by atoms with Gasteiger partial charge in [-0.05, 0) is 78.1 Å². The minimum absolute atomic E-state index is 0.110. The Hall–Kier alpha value is -0.900. The van der Waals surface area contributed by atoms with Crippen LogP contribution in [0, 0.1) is 23.6 Å². The van der Waals surface area contributed by atoms with Crippen molar-refractivity contribution < 1.29 is 9.18 Å². The van der Waals surface area contributed by atoms with Crippen molar-refractivity contribution >= 4 is 21.8 Å². The predicted octanol–water partition coefficient (Wildman–Crippen LogP) is 4.14. The van der Waals surface area contributed by atoms with Gasteiger partial charge in [0.05, 0.1) is 4.47 Å². The standard InChI is InChI=1S/C16H19BrFNO/c1-9(13-7-10-2-3-11(13)6-10)19-16(20)12-4-5-15(18)14(17)8-12/h4-5,8-11,13H,2-3,6-7H2,1H3,(H,19,20). The van der Waals surface area contributed by atoms with Crippen LogP contribution in [0.1, 0.15) is 43.0 Å². The van der Waals surface area contributed by atoms with Crippen LogP contribution in [-0.4, -0.2) is 11.9 Å². The fourth-order valence-electron chi connectivity index (χ4n) is 3.94. The highest BCUT2D eigenvalue weighted by atomic mass is 79.9. The average molecular weight is 340 g/mol. The van der Waals surface area contributed by atoms with Gasteiger partial charge in [-0.1, -0.05) is 6.42 Å². The fraction of sp³-hybridized carbons (Fsp3) is 0.562. The number of rotatable bonds is 3. The molecule has 0 saturated heterocycles. The number of amides is 1. The minimum Gasteiger partial charge on any atom is -0.349 e. The third-order valence-corrected chi connectivity index (χ3v) is 5.58. The van der Waals surface area contributed by atoms with Crippen molar-refractivity contribution in [3.63, 3.8) is 0 Å². The third kappa shape index (κ3) is 2.62. The maximum Gasteiger partial charge on any atom is 0.251 e. The molecule has 0 radical (unpaired) electrons. The van der Waals surface area contributed by atoms with E-state index in [1.54, 1.807) is 0 Å². The molecule has 20 heavy (non-hydrogen) atoms. The van der Waals surface area contributed by atoms with Crippen molar-refractivity contribution in [2.45, 2.75) is 38.6 Å². The molecule has 4 atom stereocenters. The summed E-state index contributed by atoms with van der Waals surface area (Å²) in [7, 11) is 0. The maximum atomic E-state index is 13.2. The number of hydrogen-bond donors (Lipinski definition) is 1. The van der Waals surface area contributed by atoms with E-state index in [0.29, 0.717) is 16.0 Å². The molecule has 4 heteroatoms. The van der Waals surface area contributed by atoms with E-state index in [1.807, 2.05) is 0 Å². The summed E-state index contributed by atoms with van der Waals surface area (Å²) in [5, 5.41) is 3.09. The normalized spacial score (nSPS) is 29.4. The Balaban J connectivity index is 1.65. The zero-order valence-corrected chi connectivity index (χ0v) is 13.1. The molecule has 2 fully saturated rings. The molecule has 1 aromatic carbocycles. The molecule has 0 heterocycles. The second kappa shape index (κ2) is 5.47. The van der Waals surface area contributed by atoms with Crippen molar-refractivity contribution in [2.24, 2.45) is 17.8 Å². The number of carbonyl (C=O) groups excluding carboxylic acids is 1. The molecule has 4 unspecified atom stereocenters. The van der Waals surface area contributed by atoms with Crippen LogP contribution >= 0.6 is 15.9 Å². The first-order chi connectivity index (χ1) is 9.54. The van der Waals surface area contributed by atoms with E-state index < -0.39 is 0 Å². The van der Waals surface area contributed by atoms with Crippen molar-refractivity contribution in [1.29, 1.82) is 0 Å². The number of nitrogens with one attached hydrogen (secondary N) is 1. The molecule has 0 aliphatic heterocycles. The summed E-state index contributed by atoms with van der Waals surface area (Å²) in [4.78, 5) is 12.2. The molecule has 2 aliphatic carbocycles. The molecular weight excluding hydrogens is 321 g/mol. The molecule has 1 amide bonds. The van der Waals surface area contributed by atoms with Gasteiger partial charge in [0.1, 0.15) is 5.82 Å². The predicted molar refractivity (Wildman–Crippen MR) is 80.0 cm³/mol. The summed E-state index contributed by atoms with van der Waals surface area (Å²) in [5.41, 5.74) is 0.508. The SMILES string of the molecule is CC(NC(=O)c1ccc(F)c(Br)c1)C1CC2CCC1C2. The molecule has 1 N–H and O–H groups in total. The van der Waals surface area contributed by atoms with Gasteiger partial charge in [0.25, 0.3) is 5.91 Å². The lowest BCUT2D eigenvalue weighted by Gasteiger charge is -2.28. The van der Waals surface area contributed by atoms with Crippen LogP contribution in [0.5, 0.6) is 0 Å². The molecule has 1 aromatic rings. The summed E-state index contributed by atoms with van der Waals surface area (Å²) >= 11 is 3.12. The summed E-state index contributed by atoms with van der Waals surface area (Å²) < 4.78 is 13.5. The number of halogens is 2. The Morgan fingerprint density at radius 3 is 2.80 bits per heavy atom. The van der Waals surface area contributed by atoms with E-state index in [4.69, 9.17) is 0 Å². The van der Waals surface area contributed by atoms with Gasteiger partial charge in [-0.3, -0.25) is 4.79 Å². The summed E-state index contributed by atoms with van der Waals surface area (Å²) in [6, 6.07) is 4.59. The number of carbonyl (C=O) groups is 1. The van der Waals surface area contributed by atoms with Gasteiger partial charge in [-0.2, -0.15) is 0 Å². The Bertz CT molecular complexity index is 533. The maximum absolute atomic E-state index is 13.2. The molecule has 2 saturated carbocycles. The molecule has 3 rings (SSSR count). The quantitative estimate of drug-likeness (QED) is 0.880. The van der Waals surface area contributed by atoms with E-state index in [9.17, 15) is 9.18 Å². The van der Waals surface area contributed by atoms with Crippen LogP contribution in [0.4, 0.5) is 4.39 Å². The van der Waals surface area contributed by atoms with E-state index in [1.165, 1.54) is 43.9 Å². The lowest BCUT2D eigenvalue weighted by atomic mass is 9.84. The van der Waals surface area contributed by atoms with Crippen LogP contribution in [0.25, 0.3) is 0 Å². The average Bonchev–Trinajstić information content (AvgIpc) is 3.04. The van der Waals surface area contributed by atoms with Gasteiger partial charge in [-0.25, -0.2) is 4.39 Å². The highest BCUT2D eigenvalue weighted by Crippen LogP contribution is 2.49. The van der Waals surface area contributed by atoms with Gasteiger partial charge in [0.2, 0.25) is 0 Å². The lowest BCUT2D eigenvalue weighted by molar-refractivity contribution is 0.0915. The van der Waals surface area contributed by atoms with Crippen molar-refractivity contribution in [2.75, 3.05) is 0 Å². The van der Waals surface area contributed by atoms with Gasteiger partial charge in [0.15, 0.2) is 0 Å². The molecule has 2 bridgehead atoms. The summed E-state index contributed by atoms with van der Waals surface area (Å²) in [5.74, 6) is 1.82. The third-order valence-electron chi connectivity index (χ3n) is 4.98. The first kappa shape index (κ1) is 14.1. The molecular formula is C16H19BrFNO. The second-order valence-electron chi connectivity index (χ2n) is 6.23. The zero-order chi connectivity index (χ0) is 14.3. The summed E-state index contributed by atoms with van der Waals surface area (Å²) in [6.45, 7) is 2.10. The van der Waals surface area contributed by atoms with E-state index in [2.05, 4.69) is 28.2 Å². The molecule has 108 valence electrons. The van der Waals surface area contributed by atoms with E-state index >= 15 is 0 Å². The Labute approximate surface area is 127 Å². The zero-order valence-electron chi connectivity index (χ0n) is 11.5. The molecule has 0 spiro atoms. The van der Waals surface area contributed by atoms with E-state index in [-0.39, 0.29) is 17.8 Å². The smallest absolute Gasteiger partial charge is 0.251 e. The van der Waals surface area contributed by atoms with Crippen molar-refractivity contribution in [1.82, 2.24) is 5.32 Å². The Kier molecular flexibility index (Phi) is 3.85. The first-order valence-electron chi connectivity index (χ1n) is 7.30. The second-order valence-corrected chi connectivity index (χ2v) is 7.08. The Morgan fingerprint density at radius 1 is 1.40 bits per heavy atom. The number of hydrogen-bond acceptors (Lipinski definition) is 1. The Morgan fingerprint density at radius 2 is 2.20 bits per heavy atom. The van der Waals surface area contributed by atoms with Gasteiger partial charge in [0, 0.05) is 11.6 Å². The monoisotopic (exact) mass is 339 g/mol. The lowest BCUT2D eigenvalue weighted by Crippen LogP contribution is -2.40. The van der Waals surface area contributed by atoms with Crippen LogP contribution in [0.2, 0.25) is 0 Å². The van der Waals surface area contributed by atoms with Crippen LogP contribution < -0.4 is 5.32 Å². The number of fused-ring (bicyclic) bond motifs is 2. The molecule has 2 aliphatic rings. The highest BCUT2D eigenvalue weighted by molar-refractivity contribution is 9.10. The highest BCUT2D eigenvalue weighted by Gasteiger charge is 2.42. The molecule has 0 aromatic heterocycles. The van der Waals surface area contributed by atoms with Crippen LogP contribution in [0.3, 0.4) is 0 Å². The van der Waals surface area contributed by atoms with Crippen molar-refractivity contribution in [3.05, 3.63) is 34.1 Å². The first-order valence-corrected chi connectivity index (χ1v) is 8.10. The van der Waals surface area contributed by atoms with Gasteiger partial charge < -0.3 is 5.32 Å².